The van der Waals surface area contributed by atoms with Crippen molar-refractivity contribution in [3.05, 3.63) is 99.9 Å². The molecule has 0 unspecified atom stereocenters. The van der Waals surface area contributed by atoms with Gasteiger partial charge in [-0.15, -0.1) is 0 Å². The molecular formula is C24H24FN3O6S. The van der Waals surface area contributed by atoms with Crippen molar-refractivity contribution in [1.82, 2.24) is 9.80 Å². The van der Waals surface area contributed by atoms with Gasteiger partial charge in [0.2, 0.25) is 0 Å². The van der Waals surface area contributed by atoms with Gasteiger partial charge in [-0.05, 0) is 68.2 Å². The molecule has 0 spiro atoms. The number of hydrogen-bond acceptors (Lipinski definition) is 7. The first-order valence-corrected chi connectivity index (χ1v) is 11.9. The highest BCUT2D eigenvalue weighted by molar-refractivity contribution is 7.87. The van der Waals surface area contributed by atoms with Crippen molar-refractivity contribution in [3.8, 4) is 5.75 Å². The van der Waals surface area contributed by atoms with Crippen molar-refractivity contribution in [3.63, 3.8) is 0 Å². The van der Waals surface area contributed by atoms with Crippen LogP contribution in [0.4, 0.5) is 10.1 Å². The Balaban J connectivity index is 1.74. The van der Waals surface area contributed by atoms with Crippen LogP contribution in [-0.4, -0.2) is 56.2 Å². The summed E-state index contributed by atoms with van der Waals surface area (Å²) in [6, 6.07) is 15.9. The Morgan fingerprint density at radius 3 is 2.09 bits per heavy atom. The molecule has 184 valence electrons. The van der Waals surface area contributed by atoms with Crippen LogP contribution in [0.25, 0.3) is 0 Å². The summed E-state index contributed by atoms with van der Waals surface area (Å²) in [5.41, 5.74) is 0.942. The molecule has 0 fully saturated rings. The van der Waals surface area contributed by atoms with Crippen LogP contribution in [0, 0.1) is 15.9 Å². The lowest BCUT2D eigenvalue weighted by Crippen LogP contribution is -2.36. The number of hydrogen-bond donors (Lipinski definition) is 0. The Morgan fingerprint density at radius 2 is 1.54 bits per heavy atom. The van der Waals surface area contributed by atoms with Gasteiger partial charge in [-0.3, -0.25) is 14.9 Å². The molecule has 9 nitrogen and oxygen atoms in total. The molecule has 0 aliphatic carbocycles. The van der Waals surface area contributed by atoms with Gasteiger partial charge in [0.15, 0.2) is 0 Å². The summed E-state index contributed by atoms with van der Waals surface area (Å²) in [5.74, 6) is -0.782. The molecular weight excluding hydrogens is 477 g/mol. The Morgan fingerprint density at radius 1 is 0.943 bits per heavy atom. The summed E-state index contributed by atoms with van der Waals surface area (Å²) in [6.07, 6.45) is 0. The van der Waals surface area contributed by atoms with Gasteiger partial charge in [0.05, 0.1) is 4.92 Å². The molecule has 3 aromatic carbocycles. The number of nitro benzene ring substituents is 1. The van der Waals surface area contributed by atoms with Crippen LogP contribution in [0.15, 0.2) is 77.7 Å². The van der Waals surface area contributed by atoms with Crippen molar-refractivity contribution >= 4 is 21.7 Å². The highest BCUT2D eigenvalue weighted by atomic mass is 32.2. The van der Waals surface area contributed by atoms with Crippen LogP contribution in [0.1, 0.15) is 15.9 Å². The van der Waals surface area contributed by atoms with E-state index in [1.54, 1.807) is 17.0 Å². The van der Waals surface area contributed by atoms with Gasteiger partial charge >= 0.3 is 10.1 Å². The first kappa shape index (κ1) is 25.8. The van der Waals surface area contributed by atoms with Crippen LogP contribution in [0.5, 0.6) is 5.75 Å². The lowest BCUT2D eigenvalue weighted by molar-refractivity contribution is -0.384. The minimum absolute atomic E-state index is 0.0691. The third kappa shape index (κ3) is 7.08. The van der Waals surface area contributed by atoms with Gasteiger partial charge in [0.1, 0.15) is 16.5 Å². The zero-order valence-corrected chi connectivity index (χ0v) is 19.9. The topological polar surface area (TPSA) is 110 Å². The molecule has 1 amide bonds. The fourth-order valence-electron chi connectivity index (χ4n) is 3.13. The van der Waals surface area contributed by atoms with Crippen LogP contribution in [0.3, 0.4) is 0 Å². The smallest absolute Gasteiger partial charge is 0.339 e. The minimum atomic E-state index is -4.13. The van der Waals surface area contributed by atoms with Crippen molar-refractivity contribution in [2.45, 2.75) is 11.4 Å². The largest absolute Gasteiger partial charge is 0.379 e. The van der Waals surface area contributed by atoms with E-state index in [0.717, 1.165) is 29.8 Å². The average Bonchev–Trinajstić information content (AvgIpc) is 2.82. The zero-order valence-electron chi connectivity index (χ0n) is 19.1. The molecule has 3 aromatic rings. The molecule has 0 saturated carbocycles. The number of rotatable bonds is 10. The lowest BCUT2D eigenvalue weighted by Gasteiger charge is -2.25. The van der Waals surface area contributed by atoms with E-state index in [2.05, 4.69) is 0 Å². The average molecular weight is 502 g/mol. The molecule has 0 aliphatic rings. The number of carbonyl (C=O) groups excluding carboxylic acids is 1. The van der Waals surface area contributed by atoms with E-state index in [-0.39, 0.29) is 28.8 Å². The second kappa shape index (κ2) is 11.1. The molecule has 0 heterocycles. The number of non-ortho nitro benzene ring substituents is 1. The molecule has 3 rings (SSSR count). The Kier molecular flexibility index (Phi) is 8.15. The second-order valence-electron chi connectivity index (χ2n) is 7.97. The number of nitrogens with zero attached hydrogens (tertiary/aromatic N) is 3. The quantitative estimate of drug-likeness (QED) is 0.237. The molecule has 0 N–H and O–H groups in total. The summed E-state index contributed by atoms with van der Waals surface area (Å²) in [7, 11) is -0.374. The third-order valence-electron chi connectivity index (χ3n) is 5.03. The van der Waals surface area contributed by atoms with E-state index in [1.807, 2.05) is 19.0 Å². The predicted octanol–water partition coefficient (Wildman–Crippen LogP) is 3.71. The first-order chi connectivity index (χ1) is 16.5. The number of likely N-dealkylation sites (N-methyl/N-ethyl adjacent to an activating group) is 1. The normalized spacial score (nSPS) is 11.3. The molecule has 0 atom stereocenters. The Bertz CT molecular complexity index is 1280. The molecule has 0 bridgehead atoms. The summed E-state index contributed by atoms with van der Waals surface area (Å²) < 4.78 is 43.0. The van der Waals surface area contributed by atoms with Crippen LogP contribution in [-0.2, 0) is 16.7 Å². The summed E-state index contributed by atoms with van der Waals surface area (Å²) in [4.78, 5) is 26.8. The van der Waals surface area contributed by atoms with Gasteiger partial charge in [0.25, 0.3) is 11.6 Å². The van der Waals surface area contributed by atoms with Crippen LogP contribution in [0.2, 0.25) is 0 Å². The summed E-state index contributed by atoms with van der Waals surface area (Å²) >= 11 is 0. The van der Waals surface area contributed by atoms with Crippen molar-refractivity contribution in [2.75, 3.05) is 27.2 Å². The number of carbonyl (C=O) groups is 1. The SMILES string of the molecule is CN(C)CCN(Cc1ccc(OS(=O)(=O)c2ccc(F)cc2)cc1)C(=O)c1ccc([N+](=O)[O-])cc1. The zero-order chi connectivity index (χ0) is 25.6. The fourth-order valence-corrected chi connectivity index (χ4v) is 4.06. The molecule has 0 saturated heterocycles. The van der Waals surface area contributed by atoms with Crippen LogP contribution >= 0.6 is 0 Å². The molecule has 11 heteroatoms. The van der Waals surface area contributed by atoms with Crippen molar-refractivity contribution in [1.29, 1.82) is 0 Å². The van der Waals surface area contributed by atoms with Gasteiger partial charge in [-0.1, -0.05) is 12.1 Å². The van der Waals surface area contributed by atoms with Gasteiger partial charge in [0, 0.05) is 37.3 Å². The number of amides is 1. The lowest BCUT2D eigenvalue weighted by atomic mass is 10.1. The number of nitro groups is 1. The third-order valence-corrected chi connectivity index (χ3v) is 6.30. The van der Waals surface area contributed by atoms with Gasteiger partial charge in [-0.25, -0.2) is 4.39 Å². The van der Waals surface area contributed by atoms with E-state index in [0.29, 0.717) is 18.7 Å². The molecule has 35 heavy (non-hydrogen) atoms. The van der Waals surface area contributed by atoms with E-state index < -0.39 is 20.9 Å². The maximum Gasteiger partial charge on any atom is 0.339 e. The summed E-state index contributed by atoms with van der Waals surface area (Å²) in [6.45, 7) is 1.23. The van der Waals surface area contributed by atoms with Crippen molar-refractivity contribution in [2.24, 2.45) is 0 Å². The molecule has 0 aliphatic heterocycles. The second-order valence-corrected chi connectivity index (χ2v) is 9.52. The van der Waals surface area contributed by atoms with Crippen molar-refractivity contribution < 1.29 is 26.7 Å². The maximum atomic E-state index is 13.1. The fraction of sp³-hybridized carbons (Fsp3) is 0.208. The van der Waals surface area contributed by atoms with Gasteiger partial charge < -0.3 is 14.0 Å². The highest BCUT2D eigenvalue weighted by Gasteiger charge is 2.19. The van der Waals surface area contributed by atoms with E-state index in [1.165, 1.54) is 36.4 Å². The number of benzene rings is 3. The minimum Gasteiger partial charge on any atom is -0.379 e. The Hall–Kier alpha value is -3.83. The standard InChI is InChI=1S/C24H24FN3O6S/c1-26(2)15-16-27(24(29)19-5-9-21(10-6-19)28(30)31)17-18-3-11-22(12-4-18)34-35(32,33)23-13-7-20(25)8-14-23/h3-14H,15-17H2,1-2H3. The predicted molar refractivity (Wildman–Crippen MR) is 127 cm³/mol. The maximum absolute atomic E-state index is 13.1. The number of halogens is 1. The molecule has 0 aromatic heterocycles. The molecule has 0 radical (unpaired) electrons. The van der Waals surface area contributed by atoms with Gasteiger partial charge in [-0.2, -0.15) is 8.42 Å². The monoisotopic (exact) mass is 501 g/mol. The first-order valence-electron chi connectivity index (χ1n) is 10.5. The van der Waals surface area contributed by atoms with E-state index in [4.69, 9.17) is 4.18 Å². The highest BCUT2D eigenvalue weighted by Crippen LogP contribution is 2.21. The summed E-state index contributed by atoms with van der Waals surface area (Å²) in [5, 5.41) is 10.9. The van der Waals surface area contributed by atoms with E-state index in [9.17, 15) is 27.7 Å². The van der Waals surface area contributed by atoms with Crippen LogP contribution < -0.4 is 4.18 Å². The van der Waals surface area contributed by atoms with E-state index >= 15 is 0 Å². The Labute approximate surface area is 202 Å².